The Morgan fingerprint density at radius 2 is 2.21 bits per heavy atom. The van der Waals surface area contributed by atoms with Crippen LogP contribution in [0.3, 0.4) is 0 Å². The van der Waals surface area contributed by atoms with Gasteiger partial charge in [0.2, 0.25) is 0 Å². The second kappa shape index (κ2) is 3.91. The largest absolute Gasteiger partial charge is 0.505 e. The smallest absolute Gasteiger partial charge is 0.338 e. The fourth-order valence-electron chi connectivity index (χ4n) is 0.745. The zero-order chi connectivity index (χ0) is 10.7. The van der Waals surface area contributed by atoms with Crippen LogP contribution in [0.15, 0.2) is 30.4 Å². The maximum Gasteiger partial charge on any atom is 0.338 e. The lowest BCUT2D eigenvalue weighted by molar-refractivity contribution is -0.130. The number of phenolic OH excluding ortho intramolecular Hbond substituents is 1. The molecule has 0 amide bonds. The quantitative estimate of drug-likeness (QED) is 0.447. The fourth-order valence-corrected chi connectivity index (χ4v) is 0.745. The number of hydrogen-bond acceptors (Lipinski definition) is 3. The first kappa shape index (κ1) is 10.2. The minimum absolute atomic E-state index is 0.0355. The molecule has 74 valence electrons. The van der Waals surface area contributed by atoms with Gasteiger partial charge < -0.3 is 9.84 Å². The summed E-state index contributed by atoms with van der Waals surface area (Å²) in [4.78, 5) is 11.0. The molecule has 0 saturated heterocycles. The van der Waals surface area contributed by atoms with Crippen molar-refractivity contribution in [1.82, 2.24) is 0 Å². The highest BCUT2D eigenvalue weighted by Gasteiger charge is 2.07. The van der Waals surface area contributed by atoms with Crippen LogP contribution in [0.1, 0.15) is 6.92 Å². The summed E-state index contributed by atoms with van der Waals surface area (Å²) in [6.45, 7) is 4.86. The third-order valence-corrected chi connectivity index (χ3v) is 1.48. The second-order valence-corrected chi connectivity index (χ2v) is 2.78. The molecule has 0 bridgehead atoms. The van der Waals surface area contributed by atoms with Gasteiger partial charge in [-0.3, -0.25) is 0 Å². The number of esters is 1. The summed E-state index contributed by atoms with van der Waals surface area (Å²) in [7, 11) is 0. The number of rotatable bonds is 2. The predicted octanol–water partition coefficient (Wildman–Crippen LogP) is 2.01. The van der Waals surface area contributed by atoms with Crippen molar-refractivity contribution in [3.8, 4) is 11.5 Å². The highest BCUT2D eigenvalue weighted by Crippen LogP contribution is 2.21. The van der Waals surface area contributed by atoms with Crippen molar-refractivity contribution in [3.63, 3.8) is 0 Å². The molecular weight excluding hydrogens is 187 g/mol. The monoisotopic (exact) mass is 196 g/mol. The van der Waals surface area contributed by atoms with E-state index in [9.17, 15) is 9.18 Å². The average molecular weight is 196 g/mol. The third-order valence-electron chi connectivity index (χ3n) is 1.48. The van der Waals surface area contributed by atoms with Gasteiger partial charge in [-0.05, 0) is 19.1 Å². The molecule has 0 unspecified atom stereocenters. The Morgan fingerprint density at radius 1 is 1.57 bits per heavy atom. The first-order valence-electron chi connectivity index (χ1n) is 3.87. The lowest BCUT2D eigenvalue weighted by atomic mass is 10.3. The molecule has 0 radical (unpaired) electrons. The molecule has 0 aromatic heterocycles. The number of ether oxygens (including phenoxy) is 1. The topological polar surface area (TPSA) is 46.5 Å². The molecule has 0 saturated carbocycles. The van der Waals surface area contributed by atoms with E-state index in [1.807, 2.05) is 0 Å². The number of carbonyl (C=O) groups is 1. The summed E-state index contributed by atoms with van der Waals surface area (Å²) < 4.78 is 17.5. The second-order valence-electron chi connectivity index (χ2n) is 2.78. The van der Waals surface area contributed by atoms with E-state index in [2.05, 4.69) is 6.58 Å². The van der Waals surface area contributed by atoms with Crippen LogP contribution < -0.4 is 4.74 Å². The highest BCUT2D eigenvalue weighted by molar-refractivity contribution is 5.88. The lowest BCUT2D eigenvalue weighted by Gasteiger charge is -2.03. The third kappa shape index (κ3) is 2.32. The number of aromatic hydroxyl groups is 1. The molecule has 0 aliphatic heterocycles. The van der Waals surface area contributed by atoms with Crippen molar-refractivity contribution < 1.29 is 19.0 Å². The molecule has 3 nitrogen and oxygen atoms in total. The van der Waals surface area contributed by atoms with Crippen LogP contribution >= 0.6 is 0 Å². The van der Waals surface area contributed by atoms with Gasteiger partial charge in [-0.15, -0.1) is 0 Å². The van der Waals surface area contributed by atoms with Gasteiger partial charge in [0, 0.05) is 11.6 Å². The Balaban J connectivity index is 2.83. The molecule has 0 spiro atoms. The van der Waals surface area contributed by atoms with Gasteiger partial charge >= 0.3 is 5.97 Å². The van der Waals surface area contributed by atoms with Crippen LogP contribution in [0, 0.1) is 5.82 Å². The van der Waals surface area contributed by atoms with Gasteiger partial charge in [-0.1, -0.05) is 6.58 Å². The minimum Gasteiger partial charge on any atom is -0.505 e. The van der Waals surface area contributed by atoms with Gasteiger partial charge in [-0.2, -0.15) is 0 Å². The van der Waals surface area contributed by atoms with E-state index in [0.717, 1.165) is 12.1 Å². The standard InChI is InChI=1S/C10H9FO3/c1-6(2)10(13)14-7-3-4-9(12)8(11)5-7/h3-5,12H,1H2,2H3. The zero-order valence-electron chi connectivity index (χ0n) is 7.58. The van der Waals surface area contributed by atoms with Crippen LogP contribution in [-0.2, 0) is 4.79 Å². The van der Waals surface area contributed by atoms with Crippen LogP contribution in [0.4, 0.5) is 4.39 Å². The maximum absolute atomic E-state index is 12.8. The van der Waals surface area contributed by atoms with Crippen LogP contribution in [0.25, 0.3) is 0 Å². The van der Waals surface area contributed by atoms with Crippen molar-refractivity contribution in [1.29, 1.82) is 0 Å². The summed E-state index contributed by atoms with van der Waals surface area (Å²) in [5, 5.41) is 8.85. The zero-order valence-corrected chi connectivity index (χ0v) is 7.58. The van der Waals surface area contributed by atoms with Crippen molar-refractivity contribution in [3.05, 3.63) is 36.2 Å². The van der Waals surface area contributed by atoms with Gasteiger partial charge in [-0.25, -0.2) is 9.18 Å². The molecule has 1 aromatic carbocycles. The van der Waals surface area contributed by atoms with Crippen molar-refractivity contribution in [2.24, 2.45) is 0 Å². The number of benzene rings is 1. The van der Waals surface area contributed by atoms with Crippen LogP contribution in [0.5, 0.6) is 11.5 Å². The van der Waals surface area contributed by atoms with E-state index < -0.39 is 17.5 Å². The number of phenols is 1. The van der Waals surface area contributed by atoms with E-state index in [1.54, 1.807) is 0 Å². The SMILES string of the molecule is C=C(C)C(=O)Oc1ccc(O)c(F)c1. The van der Waals surface area contributed by atoms with E-state index in [4.69, 9.17) is 9.84 Å². The normalized spacial score (nSPS) is 9.57. The highest BCUT2D eigenvalue weighted by atomic mass is 19.1. The molecule has 1 aromatic rings. The average Bonchev–Trinajstić information content (AvgIpc) is 2.11. The Labute approximate surface area is 80.4 Å². The van der Waals surface area contributed by atoms with E-state index in [0.29, 0.717) is 0 Å². The summed E-state index contributed by atoms with van der Waals surface area (Å²) in [5.74, 6) is -1.92. The number of carbonyl (C=O) groups excluding carboxylic acids is 1. The van der Waals surface area contributed by atoms with Crippen molar-refractivity contribution >= 4 is 5.97 Å². The molecule has 4 heteroatoms. The number of halogens is 1. The Morgan fingerprint density at radius 3 is 2.71 bits per heavy atom. The molecule has 0 fully saturated rings. The molecule has 1 rings (SSSR count). The van der Waals surface area contributed by atoms with Gasteiger partial charge in [0.1, 0.15) is 5.75 Å². The Kier molecular flexibility index (Phi) is 2.86. The first-order chi connectivity index (χ1) is 6.50. The molecule has 0 heterocycles. The van der Waals surface area contributed by atoms with Crippen LogP contribution in [-0.4, -0.2) is 11.1 Å². The lowest BCUT2D eigenvalue weighted by Crippen LogP contribution is -2.08. The molecule has 0 aliphatic carbocycles. The molecule has 14 heavy (non-hydrogen) atoms. The molecule has 0 atom stereocenters. The van der Waals surface area contributed by atoms with E-state index >= 15 is 0 Å². The van der Waals surface area contributed by atoms with E-state index in [-0.39, 0.29) is 11.3 Å². The van der Waals surface area contributed by atoms with Crippen molar-refractivity contribution in [2.45, 2.75) is 6.92 Å². The Hall–Kier alpha value is -1.84. The maximum atomic E-state index is 12.8. The molecular formula is C10H9FO3. The minimum atomic E-state index is -0.836. The summed E-state index contributed by atoms with van der Waals surface area (Å²) in [5.41, 5.74) is 0.221. The van der Waals surface area contributed by atoms with Crippen molar-refractivity contribution in [2.75, 3.05) is 0 Å². The fraction of sp³-hybridized carbons (Fsp3) is 0.100. The van der Waals surface area contributed by atoms with Gasteiger partial charge in [0.05, 0.1) is 0 Å². The molecule has 0 aliphatic rings. The van der Waals surface area contributed by atoms with E-state index in [1.165, 1.54) is 13.0 Å². The predicted molar refractivity (Wildman–Crippen MR) is 48.5 cm³/mol. The van der Waals surface area contributed by atoms with Gasteiger partial charge in [0.25, 0.3) is 0 Å². The molecule has 1 N–H and O–H groups in total. The Bertz CT molecular complexity index is 385. The summed E-state index contributed by atoms with van der Waals surface area (Å²) in [6, 6.07) is 3.33. The van der Waals surface area contributed by atoms with Gasteiger partial charge in [0.15, 0.2) is 11.6 Å². The first-order valence-corrected chi connectivity index (χ1v) is 3.87. The summed E-state index contributed by atoms with van der Waals surface area (Å²) in [6.07, 6.45) is 0. The summed E-state index contributed by atoms with van der Waals surface area (Å²) >= 11 is 0. The van der Waals surface area contributed by atoms with Crippen LogP contribution in [0.2, 0.25) is 0 Å². The number of hydrogen-bond donors (Lipinski definition) is 1.